The quantitative estimate of drug-likeness (QED) is 0.359. The molecule has 2 aromatic heterocycles. The minimum absolute atomic E-state index is 0.0907. The van der Waals surface area contributed by atoms with E-state index < -0.39 is 0 Å². The highest BCUT2D eigenvalue weighted by molar-refractivity contribution is 8.00. The van der Waals surface area contributed by atoms with Crippen LogP contribution in [0.25, 0.3) is 10.9 Å². The molecular formula is C22H19ClN4O2S2. The van der Waals surface area contributed by atoms with Gasteiger partial charge in [0.1, 0.15) is 0 Å². The van der Waals surface area contributed by atoms with E-state index in [2.05, 4.69) is 20.2 Å². The summed E-state index contributed by atoms with van der Waals surface area (Å²) in [5, 5.41) is 9.84. The van der Waals surface area contributed by atoms with Crippen molar-refractivity contribution in [1.29, 1.82) is 0 Å². The molecule has 6 nitrogen and oxygen atoms in total. The fraction of sp³-hybridized carbons (Fsp3) is 0.136. The molecule has 2 amide bonds. The lowest BCUT2D eigenvalue weighted by molar-refractivity contribution is -0.113. The van der Waals surface area contributed by atoms with Gasteiger partial charge in [-0.3, -0.25) is 9.59 Å². The molecule has 2 aromatic carbocycles. The summed E-state index contributed by atoms with van der Waals surface area (Å²) in [7, 11) is 0. The molecule has 9 heteroatoms. The number of fused-ring (bicyclic) bond motifs is 1. The van der Waals surface area contributed by atoms with E-state index >= 15 is 0 Å². The van der Waals surface area contributed by atoms with Gasteiger partial charge < -0.3 is 15.2 Å². The number of carbonyl (C=O) groups excluding carboxylic acids is 2. The van der Waals surface area contributed by atoms with Crippen LogP contribution in [-0.4, -0.2) is 33.7 Å². The minimum Gasteiger partial charge on any atom is -0.350 e. The summed E-state index contributed by atoms with van der Waals surface area (Å²) in [4.78, 5) is 29.6. The molecule has 4 rings (SSSR count). The molecule has 0 aliphatic rings. The number of aromatic nitrogens is 2. The second-order valence-corrected chi connectivity index (χ2v) is 8.99. The van der Waals surface area contributed by atoms with E-state index in [0.29, 0.717) is 34.6 Å². The molecule has 0 atom stereocenters. The first-order chi connectivity index (χ1) is 15.1. The normalized spacial score (nSPS) is 10.9. The number of halogens is 1. The SMILES string of the molecule is O=C(CSc1cn(CCNC(=O)c2ccc(Cl)cc2)c2ccccc12)Nc1nccs1. The predicted molar refractivity (Wildman–Crippen MR) is 127 cm³/mol. The standard InChI is InChI=1S/C22H19ClN4O2S2/c23-16-7-5-15(6-8-16)21(29)24-9-11-27-13-19(17-3-1-2-4-18(17)27)31-14-20(28)26-22-25-10-12-30-22/h1-8,10,12-13H,9,11,14H2,(H,24,29)(H,25,26,28). The van der Waals surface area contributed by atoms with Crippen LogP contribution in [0.3, 0.4) is 0 Å². The first-order valence-corrected chi connectivity index (χ1v) is 11.8. The zero-order chi connectivity index (χ0) is 21.6. The van der Waals surface area contributed by atoms with Gasteiger partial charge in [-0.25, -0.2) is 4.98 Å². The van der Waals surface area contributed by atoms with Gasteiger partial charge in [-0.1, -0.05) is 29.8 Å². The van der Waals surface area contributed by atoms with Crippen LogP contribution >= 0.6 is 34.7 Å². The molecule has 0 saturated carbocycles. The molecule has 2 heterocycles. The maximum atomic E-state index is 12.3. The number of rotatable bonds is 8. The highest BCUT2D eigenvalue weighted by atomic mass is 35.5. The number of hydrogen-bond donors (Lipinski definition) is 2. The fourth-order valence-electron chi connectivity index (χ4n) is 3.09. The molecule has 0 saturated heterocycles. The molecular weight excluding hydrogens is 452 g/mol. The van der Waals surface area contributed by atoms with Crippen LogP contribution in [0.5, 0.6) is 0 Å². The number of benzene rings is 2. The maximum Gasteiger partial charge on any atom is 0.251 e. The second-order valence-electron chi connectivity index (χ2n) is 6.64. The molecule has 0 spiro atoms. The summed E-state index contributed by atoms with van der Waals surface area (Å²) in [6.45, 7) is 1.10. The molecule has 0 radical (unpaired) electrons. The number of nitrogens with zero attached hydrogens (tertiary/aromatic N) is 2. The number of thiazole rings is 1. The Labute approximate surface area is 192 Å². The van der Waals surface area contributed by atoms with Crippen molar-refractivity contribution in [2.45, 2.75) is 11.4 Å². The van der Waals surface area contributed by atoms with E-state index in [1.165, 1.54) is 23.1 Å². The van der Waals surface area contributed by atoms with Crippen molar-refractivity contribution in [1.82, 2.24) is 14.9 Å². The van der Waals surface area contributed by atoms with E-state index in [9.17, 15) is 9.59 Å². The van der Waals surface area contributed by atoms with E-state index in [4.69, 9.17) is 11.6 Å². The zero-order valence-corrected chi connectivity index (χ0v) is 18.8. The molecule has 0 fully saturated rings. The Bertz CT molecular complexity index is 1190. The van der Waals surface area contributed by atoms with Gasteiger partial charge >= 0.3 is 0 Å². The van der Waals surface area contributed by atoms with Crippen molar-refractivity contribution in [2.75, 3.05) is 17.6 Å². The van der Waals surface area contributed by atoms with E-state index in [1.54, 1.807) is 30.5 Å². The first-order valence-electron chi connectivity index (χ1n) is 9.54. The van der Waals surface area contributed by atoms with Crippen molar-refractivity contribution in [2.24, 2.45) is 0 Å². The van der Waals surface area contributed by atoms with E-state index in [0.717, 1.165) is 15.8 Å². The second kappa shape index (κ2) is 10.00. The number of thioether (sulfide) groups is 1. The molecule has 0 unspecified atom stereocenters. The van der Waals surface area contributed by atoms with Gasteiger partial charge in [0.05, 0.1) is 5.75 Å². The number of hydrogen-bond acceptors (Lipinski definition) is 5. The predicted octanol–water partition coefficient (Wildman–Crippen LogP) is 4.91. The Morgan fingerprint density at radius 2 is 1.94 bits per heavy atom. The van der Waals surface area contributed by atoms with Crippen LogP contribution in [0.15, 0.2) is 71.2 Å². The Kier molecular flexibility index (Phi) is 6.91. The van der Waals surface area contributed by atoms with Gasteiger partial charge in [0.15, 0.2) is 5.13 Å². The summed E-state index contributed by atoms with van der Waals surface area (Å²) in [5.74, 6) is 0.0644. The van der Waals surface area contributed by atoms with Gasteiger partial charge in [0.25, 0.3) is 5.91 Å². The van der Waals surface area contributed by atoms with Crippen molar-refractivity contribution in [3.63, 3.8) is 0 Å². The zero-order valence-electron chi connectivity index (χ0n) is 16.4. The number of anilines is 1. The Morgan fingerprint density at radius 1 is 1.13 bits per heavy atom. The monoisotopic (exact) mass is 470 g/mol. The third-order valence-electron chi connectivity index (χ3n) is 4.53. The van der Waals surface area contributed by atoms with Crippen molar-refractivity contribution < 1.29 is 9.59 Å². The van der Waals surface area contributed by atoms with Crippen molar-refractivity contribution in [3.05, 3.63) is 76.9 Å². The Morgan fingerprint density at radius 3 is 2.71 bits per heavy atom. The lowest BCUT2D eigenvalue weighted by atomic mass is 10.2. The van der Waals surface area contributed by atoms with Crippen molar-refractivity contribution in [3.8, 4) is 0 Å². The lowest BCUT2D eigenvalue weighted by Gasteiger charge is -2.08. The minimum atomic E-state index is -0.137. The van der Waals surface area contributed by atoms with Gasteiger partial charge in [-0.05, 0) is 30.3 Å². The van der Waals surface area contributed by atoms with Crippen LogP contribution in [0.4, 0.5) is 5.13 Å². The van der Waals surface area contributed by atoms with Crippen LogP contribution in [0.1, 0.15) is 10.4 Å². The molecule has 4 aromatic rings. The first kappa shape index (κ1) is 21.4. The molecule has 31 heavy (non-hydrogen) atoms. The molecule has 2 N–H and O–H groups in total. The van der Waals surface area contributed by atoms with E-state index in [-0.39, 0.29) is 11.8 Å². The summed E-state index contributed by atoms with van der Waals surface area (Å²) < 4.78 is 2.10. The highest BCUT2D eigenvalue weighted by Crippen LogP contribution is 2.30. The van der Waals surface area contributed by atoms with Gasteiger partial charge in [0.2, 0.25) is 5.91 Å². The molecule has 158 valence electrons. The molecule has 0 aliphatic heterocycles. The molecule has 0 bridgehead atoms. The van der Waals surface area contributed by atoms with Gasteiger partial charge in [-0.2, -0.15) is 0 Å². The van der Waals surface area contributed by atoms with Crippen LogP contribution in [0, 0.1) is 0 Å². The van der Waals surface area contributed by atoms with Crippen molar-refractivity contribution >= 4 is 62.5 Å². The number of carbonyl (C=O) groups is 2. The summed E-state index contributed by atoms with van der Waals surface area (Å²) >= 11 is 8.75. The number of amides is 2. The average molecular weight is 471 g/mol. The number of nitrogens with one attached hydrogen (secondary N) is 2. The largest absolute Gasteiger partial charge is 0.350 e. The summed E-state index contributed by atoms with van der Waals surface area (Å²) in [6.07, 6.45) is 3.69. The lowest BCUT2D eigenvalue weighted by Crippen LogP contribution is -2.27. The molecule has 0 aliphatic carbocycles. The van der Waals surface area contributed by atoms with E-state index in [1.807, 2.05) is 35.8 Å². The van der Waals surface area contributed by atoms with Crippen LogP contribution in [0.2, 0.25) is 5.02 Å². The van der Waals surface area contributed by atoms with Crippen LogP contribution in [-0.2, 0) is 11.3 Å². The fourth-order valence-corrected chi connectivity index (χ4v) is 4.65. The Hall–Kier alpha value is -2.81. The third kappa shape index (κ3) is 5.46. The van der Waals surface area contributed by atoms with Gasteiger partial charge in [-0.15, -0.1) is 23.1 Å². The number of para-hydroxylation sites is 1. The topological polar surface area (TPSA) is 76.0 Å². The van der Waals surface area contributed by atoms with Crippen LogP contribution < -0.4 is 10.6 Å². The maximum absolute atomic E-state index is 12.3. The summed E-state index contributed by atoms with van der Waals surface area (Å²) in [6, 6.07) is 14.8. The van der Waals surface area contributed by atoms with Gasteiger partial charge in [0, 0.05) is 57.2 Å². The highest BCUT2D eigenvalue weighted by Gasteiger charge is 2.12. The third-order valence-corrected chi connectivity index (χ3v) is 6.52. The average Bonchev–Trinajstić information content (AvgIpc) is 3.41. The smallest absolute Gasteiger partial charge is 0.251 e. The Balaban J connectivity index is 1.38. The summed E-state index contributed by atoms with van der Waals surface area (Å²) in [5.41, 5.74) is 1.63.